The highest BCUT2D eigenvalue weighted by atomic mass is 16.4. The van der Waals surface area contributed by atoms with E-state index in [-0.39, 0.29) is 5.91 Å². The lowest BCUT2D eigenvalue weighted by Crippen LogP contribution is -2.19. The van der Waals surface area contributed by atoms with Gasteiger partial charge in [0.2, 0.25) is 5.91 Å². The third-order valence-corrected chi connectivity index (χ3v) is 3.89. The molecule has 2 unspecified atom stereocenters. The zero-order valence-electron chi connectivity index (χ0n) is 11.1. The molecule has 2 N–H and O–H groups in total. The van der Waals surface area contributed by atoms with Crippen molar-refractivity contribution in [3.05, 3.63) is 18.3 Å². The van der Waals surface area contributed by atoms with Crippen molar-refractivity contribution >= 4 is 23.4 Å². The van der Waals surface area contributed by atoms with E-state index in [0.717, 1.165) is 18.9 Å². The van der Waals surface area contributed by atoms with Crippen LogP contribution in [0.4, 0.5) is 11.5 Å². The van der Waals surface area contributed by atoms with Crippen LogP contribution in [-0.4, -0.2) is 35.1 Å². The Kier molecular flexibility index (Phi) is 3.30. The van der Waals surface area contributed by atoms with Gasteiger partial charge in [-0.05, 0) is 31.4 Å². The lowest BCUT2D eigenvalue weighted by Gasteiger charge is -2.16. The number of carbonyl (C=O) groups excluding carboxylic acids is 1. The Labute approximate surface area is 116 Å². The fourth-order valence-electron chi connectivity index (χ4n) is 2.59. The Morgan fingerprint density at radius 2 is 2.00 bits per heavy atom. The monoisotopic (exact) mass is 275 g/mol. The molecule has 6 heteroatoms. The van der Waals surface area contributed by atoms with E-state index in [1.54, 1.807) is 6.20 Å². The molecule has 1 amide bonds. The van der Waals surface area contributed by atoms with Crippen molar-refractivity contribution < 1.29 is 14.7 Å². The predicted octanol–water partition coefficient (Wildman–Crippen LogP) is 1.34. The Morgan fingerprint density at radius 1 is 1.25 bits per heavy atom. The minimum Gasteiger partial charge on any atom is -0.481 e. The predicted molar refractivity (Wildman–Crippen MR) is 73.5 cm³/mol. The van der Waals surface area contributed by atoms with Crippen LogP contribution < -0.4 is 10.2 Å². The normalized spacial score (nSPS) is 24.5. The summed E-state index contributed by atoms with van der Waals surface area (Å²) in [7, 11) is 0. The first-order valence-electron chi connectivity index (χ1n) is 6.90. The molecule has 0 aromatic carbocycles. The second-order valence-electron chi connectivity index (χ2n) is 5.38. The van der Waals surface area contributed by atoms with Gasteiger partial charge in [0.25, 0.3) is 0 Å². The number of nitrogens with one attached hydrogen (secondary N) is 1. The van der Waals surface area contributed by atoms with E-state index in [0.29, 0.717) is 12.1 Å². The molecule has 0 radical (unpaired) electrons. The van der Waals surface area contributed by atoms with Crippen molar-refractivity contribution in [1.29, 1.82) is 0 Å². The molecule has 0 spiro atoms. The number of anilines is 2. The molecule has 6 nitrogen and oxygen atoms in total. The van der Waals surface area contributed by atoms with Gasteiger partial charge in [-0.2, -0.15) is 0 Å². The van der Waals surface area contributed by atoms with Gasteiger partial charge in [0.15, 0.2) is 0 Å². The first-order chi connectivity index (χ1) is 9.65. The van der Waals surface area contributed by atoms with Crippen LogP contribution in [0.3, 0.4) is 0 Å². The second kappa shape index (κ2) is 5.11. The summed E-state index contributed by atoms with van der Waals surface area (Å²) in [5.74, 6) is -1.12. The average molecular weight is 275 g/mol. The lowest BCUT2D eigenvalue weighted by molar-refractivity contribution is -0.139. The first-order valence-corrected chi connectivity index (χ1v) is 6.90. The number of aromatic nitrogens is 1. The van der Waals surface area contributed by atoms with Gasteiger partial charge in [-0.15, -0.1) is 0 Å². The Bertz CT molecular complexity index is 523. The Morgan fingerprint density at radius 3 is 2.55 bits per heavy atom. The van der Waals surface area contributed by atoms with Crippen LogP contribution in [0.2, 0.25) is 0 Å². The number of carboxylic acids is 1. The number of rotatable bonds is 4. The van der Waals surface area contributed by atoms with Gasteiger partial charge < -0.3 is 15.3 Å². The fraction of sp³-hybridized carbons (Fsp3) is 0.500. The molecule has 106 valence electrons. The number of carboxylic acid groups (broad SMARTS) is 1. The van der Waals surface area contributed by atoms with Crippen LogP contribution in [0.25, 0.3) is 0 Å². The van der Waals surface area contributed by atoms with Gasteiger partial charge in [-0.3, -0.25) is 9.59 Å². The molecule has 1 aliphatic carbocycles. The highest BCUT2D eigenvalue weighted by Gasteiger charge is 2.48. The first kappa shape index (κ1) is 12.9. The molecule has 0 bridgehead atoms. The van der Waals surface area contributed by atoms with Gasteiger partial charge in [0.1, 0.15) is 5.82 Å². The van der Waals surface area contributed by atoms with Gasteiger partial charge in [0.05, 0.1) is 23.7 Å². The number of carbonyl (C=O) groups is 2. The maximum absolute atomic E-state index is 11.8. The number of amides is 1. The highest BCUT2D eigenvalue weighted by Crippen LogP contribution is 2.39. The summed E-state index contributed by atoms with van der Waals surface area (Å²) >= 11 is 0. The number of hydrogen-bond acceptors (Lipinski definition) is 4. The van der Waals surface area contributed by atoms with E-state index >= 15 is 0 Å². The zero-order valence-corrected chi connectivity index (χ0v) is 11.1. The molecule has 20 heavy (non-hydrogen) atoms. The molecule has 3 rings (SSSR count). The summed E-state index contributed by atoms with van der Waals surface area (Å²) < 4.78 is 0. The molecule has 1 saturated heterocycles. The summed E-state index contributed by atoms with van der Waals surface area (Å²) in [6, 6.07) is 3.71. The smallest absolute Gasteiger partial charge is 0.307 e. The van der Waals surface area contributed by atoms with Crippen molar-refractivity contribution in [2.24, 2.45) is 11.8 Å². The van der Waals surface area contributed by atoms with Crippen molar-refractivity contribution in [3.8, 4) is 0 Å². The molecular formula is C14H17N3O3. The van der Waals surface area contributed by atoms with Gasteiger partial charge >= 0.3 is 5.97 Å². The second-order valence-corrected chi connectivity index (χ2v) is 5.38. The topological polar surface area (TPSA) is 82.5 Å². The summed E-state index contributed by atoms with van der Waals surface area (Å²) in [6.07, 6.45) is 4.45. The van der Waals surface area contributed by atoms with E-state index in [1.165, 1.54) is 12.8 Å². The summed E-state index contributed by atoms with van der Waals surface area (Å²) in [4.78, 5) is 29.1. The van der Waals surface area contributed by atoms with Crippen LogP contribution in [0.5, 0.6) is 0 Å². The molecule has 2 atom stereocenters. The molecule has 1 aliphatic heterocycles. The van der Waals surface area contributed by atoms with E-state index in [2.05, 4.69) is 15.2 Å². The van der Waals surface area contributed by atoms with E-state index < -0.39 is 17.8 Å². The molecule has 2 aliphatic rings. The Hall–Kier alpha value is -2.11. The minimum atomic E-state index is -0.896. The maximum Gasteiger partial charge on any atom is 0.307 e. The van der Waals surface area contributed by atoms with Crippen LogP contribution in [0, 0.1) is 11.8 Å². The number of nitrogens with zero attached hydrogens (tertiary/aromatic N) is 2. The SMILES string of the molecule is O=C(O)C1CC1C(=O)Nc1ccc(N2CCCC2)nc1. The summed E-state index contributed by atoms with van der Waals surface area (Å²) in [6.45, 7) is 2.06. The zero-order chi connectivity index (χ0) is 14.1. The quantitative estimate of drug-likeness (QED) is 0.866. The number of hydrogen-bond donors (Lipinski definition) is 2. The third-order valence-electron chi connectivity index (χ3n) is 3.89. The van der Waals surface area contributed by atoms with Crippen LogP contribution in [0.1, 0.15) is 19.3 Å². The molecule has 1 aromatic rings. The van der Waals surface area contributed by atoms with Gasteiger partial charge in [-0.1, -0.05) is 0 Å². The third kappa shape index (κ3) is 2.59. The van der Waals surface area contributed by atoms with Gasteiger partial charge in [-0.25, -0.2) is 4.98 Å². The van der Waals surface area contributed by atoms with Crippen LogP contribution in [-0.2, 0) is 9.59 Å². The van der Waals surface area contributed by atoms with E-state index in [4.69, 9.17) is 5.11 Å². The van der Waals surface area contributed by atoms with Crippen molar-refractivity contribution in [2.45, 2.75) is 19.3 Å². The maximum atomic E-state index is 11.8. The lowest BCUT2D eigenvalue weighted by atomic mass is 10.3. The number of aliphatic carboxylic acids is 1. The Balaban J connectivity index is 1.58. The van der Waals surface area contributed by atoms with Crippen molar-refractivity contribution in [1.82, 2.24) is 4.98 Å². The average Bonchev–Trinajstić information content (AvgIpc) is 3.07. The molecule has 1 saturated carbocycles. The minimum absolute atomic E-state index is 0.229. The molecule has 2 heterocycles. The van der Waals surface area contributed by atoms with E-state index in [9.17, 15) is 9.59 Å². The largest absolute Gasteiger partial charge is 0.481 e. The molecule has 1 aromatic heterocycles. The fourth-order valence-corrected chi connectivity index (χ4v) is 2.59. The standard InChI is InChI=1S/C14H17N3O3/c18-13(10-7-11(10)14(19)20)16-9-3-4-12(15-8-9)17-5-1-2-6-17/h3-4,8,10-11H,1-2,5-7H2,(H,16,18)(H,19,20). The van der Waals surface area contributed by atoms with Crippen LogP contribution in [0.15, 0.2) is 18.3 Å². The summed E-state index contributed by atoms with van der Waals surface area (Å²) in [5, 5.41) is 11.5. The molecular weight excluding hydrogens is 258 g/mol. The highest BCUT2D eigenvalue weighted by molar-refractivity contribution is 5.98. The molecule has 2 fully saturated rings. The van der Waals surface area contributed by atoms with Gasteiger partial charge in [0, 0.05) is 13.1 Å². The van der Waals surface area contributed by atoms with Crippen molar-refractivity contribution in [2.75, 3.05) is 23.3 Å². The van der Waals surface area contributed by atoms with Crippen LogP contribution >= 0.6 is 0 Å². The van der Waals surface area contributed by atoms with Crippen molar-refractivity contribution in [3.63, 3.8) is 0 Å². The number of pyridine rings is 1. The summed E-state index contributed by atoms with van der Waals surface area (Å²) in [5.41, 5.74) is 0.619. The van der Waals surface area contributed by atoms with E-state index in [1.807, 2.05) is 12.1 Å².